The molecule has 2 aliphatic heterocycles. The van der Waals surface area contributed by atoms with E-state index in [4.69, 9.17) is 4.74 Å². The van der Waals surface area contributed by atoms with Crippen LogP contribution in [0.25, 0.3) is 5.69 Å². The molecule has 150 valence electrons. The molecule has 0 amide bonds. The fourth-order valence-corrected chi connectivity index (χ4v) is 3.96. The van der Waals surface area contributed by atoms with Crippen molar-refractivity contribution in [2.45, 2.75) is 19.0 Å². The van der Waals surface area contributed by atoms with Gasteiger partial charge in [0.15, 0.2) is 5.96 Å². The van der Waals surface area contributed by atoms with Gasteiger partial charge in [-0.1, -0.05) is 6.07 Å². The third kappa shape index (κ3) is 4.18. The summed E-state index contributed by atoms with van der Waals surface area (Å²) < 4.78 is 21.6. The number of nitrogens with zero attached hydrogens (tertiary/aromatic N) is 5. The van der Waals surface area contributed by atoms with Crippen LogP contribution in [0.1, 0.15) is 12.0 Å². The second-order valence-electron chi connectivity index (χ2n) is 7.19. The van der Waals surface area contributed by atoms with Crippen molar-refractivity contribution in [1.82, 2.24) is 24.7 Å². The molecular weight excluding hydrogens is 359 g/mol. The molecular formula is C20H27FN6O. The van der Waals surface area contributed by atoms with Gasteiger partial charge in [0.1, 0.15) is 5.82 Å². The Labute approximate surface area is 164 Å². The second-order valence-corrected chi connectivity index (χ2v) is 7.19. The fourth-order valence-electron chi connectivity index (χ4n) is 3.96. The Morgan fingerprint density at radius 3 is 2.89 bits per heavy atom. The molecule has 2 fully saturated rings. The lowest BCUT2D eigenvalue weighted by atomic mass is 10.2. The van der Waals surface area contributed by atoms with Crippen LogP contribution in [0.4, 0.5) is 4.39 Å². The number of hydrogen-bond donors (Lipinski definition) is 1. The molecule has 28 heavy (non-hydrogen) atoms. The minimum atomic E-state index is -0.263. The van der Waals surface area contributed by atoms with E-state index in [9.17, 15) is 4.39 Å². The first-order valence-electron chi connectivity index (χ1n) is 9.79. The molecule has 1 atom stereocenters. The summed E-state index contributed by atoms with van der Waals surface area (Å²) in [4.78, 5) is 13.2. The molecule has 0 aliphatic carbocycles. The molecule has 4 rings (SSSR count). The minimum Gasteiger partial charge on any atom is -0.379 e. The van der Waals surface area contributed by atoms with Crippen molar-refractivity contribution in [1.29, 1.82) is 0 Å². The summed E-state index contributed by atoms with van der Waals surface area (Å²) in [7, 11) is 1.80. The lowest BCUT2D eigenvalue weighted by Gasteiger charge is -2.32. The lowest BCUT2D eigenvalue weighted by Crippen LogP contribution is -2.46. The van der Waals surface area contributed by atoms with Crippen molar-refractivity contribution in [3.63, 3.8) is 0 Å². The molecule has 1 aromatic heterocycles. The Kier molecular flexibility index (Phi) is 5.87. The molecule has 7 nitrogen and oxygen atoms in total. The van der Waals surface area contributed by atoms with E-state index in [1.54, 1.807) is 42.5 Å². The van der Waals surface area contributed by atoms with Crippen molar-refractivity contribution in [2.24, 2.45) is 4.99 Å². The van der Waals surface area contributed by atoms with E-state index in [0.717, 1.165) is 57.3 Å². The average Bonchev–Trinajstić information content (AvgIpc) is 3.42. The smallest absolute Gasteiger partial charge is 0.193 e. The zero-order valence-corrected chi connectivity index (χ0v) is 16.2. The third-order valence-electron chi connectivity index (χ3n) is 5.48. The summed E-state index contributed by atoms with van der Waals surface area (Å²) in [6.07, 6.45) is 6.10. The van der Waals surface area contributed by atoms with Crippen LogP contribution in [0.5, 0.6) is 0 Å². The van der Waals surface area contributed by atoms with Crippen molar-refractivity contribution in [2.75, 3.05) is 46.4 Å². The largest absolute Gasteiger partial charge is 0.379 e. The number of imidazole rings is 1. The van der Waals surface area contributed by atoms with E-state index >= 15 is 0 Å². The van der Waals surface area contributed by atoms with Gasteiger partial charge in [0, 0.05) is 58.2 Å². The maximum absolute atomic E-state index is 14.4. The topological polar surface area (TPSA) is 57.9 Å². The average molecular weight is 386 g/mol. The molecule has 0 spiro atoms. The normalized spacial score (nSPS) is 21.3. The van der Waals surface area contributed by atoms with Gasteiger partial charge >= 0.3 is 0 Å². The van der Waals surface area contributed by atoms with E-state index in [0.29, 0.717) is 18.3 Å². The summed E-state index contributed by atoms with van der Waals surface area (Å²) in [6.45, 7) is 6.14. The van der Waals surface area contributed by atoms with Gasteiger partial charge in [-0.25, -0.2) is 9.37 Å². The summed E-state index contributed by atoms with van der Waals surface area (Å²) in [5.74, 6) is 0.607. The van der Waals surface area contributed by atoms with E-state index in [1.165, 1.54) is 0 Å². The van der Waals surface area contributed by atoms with Crippen LogP contribution >= 0.6 is 0 Å². The van der Waals surface area contributed by atoms with Gasteiger partial charge in [-0.3, -0.25) is 9.89 Å². The van der Waals surface area contributed by atoms with Crippen molar-refractivity contribution < 1.29 is 9.13 Å². The number of guanidine groups is 1. The number of aliphatic imine (C=N–C) groups is 1. The Morgan fingerprint density at radius 1 is 1.32 bits per heavy atom. The third-order valence-corrected chi connectivity index (χ3v) is 5.48. The Hall–Kier alpha value is -2.45. The number of nitrogens with one attached hydrogen (secondary N) is 1. The van der Waals surface area contributed by atoms with Crippen molar-refractivity contribution in [3.8, 4) is 5.69 Å². The highest BCUT2D eigenvalue weighted by Crippen LogP contribution is 2.18. The number of halogens is 1. The molecule has 0 saturated carbocycles. The maximum atomic E-state index is 14.4. The molecule has 1 unspecified atom stereocenters. The van der Waals surface area contributed by atoms with Gasteiger partial charge in [0.25, 0.3) is 0 Å². The van der Waals surface area contributed by atoms with Gasteiger partial charge in [-0.15, -0.1) is 0 Å². The molecule has 2 saturated heterocycles. The summed E-state index contributed by atoms with van der Waals surface area (Å²) >= 11 is 0. The zero-order valence-electron chi connectivity index (χ0n) is 16.2. The predicted molar refractivity (Wildman–Crippen MR) is 106 cm³/mol. The van der Waals surface area contributed by atoms with E-state index in [-0.39, 0.29) is 5.82 Å². The Balaban J connectivity index is 1.34. The fraction of sp³-hybridized carbons (Fsp3) is 0.500. The molecule has 8 heteroatoms. The number of aromatic nitrogens is 2. The lowest BCUT2D eigenvalue weighted by molar-refractivity contribution is 0.0195. The first-order chi connectivity index (χ1) is 13.7. The Bertz CT molecular complexity index is 803. The summed E-state index contributed by atoms with van der Waals surface area (Å²) in [6, 6.07) is 5.82. The van der Waals surface area contributed by atoms with Crippen LogP contribution < -0.4 is 5.32 Å². The quantitative estimate of drug-likeness (QED) is 0.637. The first kappa shape index (κ1) is 18.9. The molecule has 2 aromatic rings. The number of benzene rings is 1. The molecule has 1 aromatic carbocycles. The molecule has 2 aliphatic rings. The van der Waals surface area contributed by atoms with Gasteiger partial charge in [-0.2, -0.15) is 0 Å². The monoisotopic (exact) mass is 386 g/mol. The first-order valence-corrected chi connectivity index (χ1v) is 9.79. The van der Waals surface area contributed by atoms with Gasteiger partial charge < -0.3 is 19.5 Å². The maximum Gasteiger partial charge on any atom is 0.193 e. The van der Waals surface area contributed by atoms with Crippen molar-refractivity contribution >= 4 is 5.96 Å². The number of hydrogen-bond acceptors (Lipinski definition) is 4. The van der Waals surface area contributed by atoms with Crippen LogP contribution in [0.2, 0.25) is 0 Å². The molecule has 0 bridgehead atoms. The van der Waals surface area contributed by atoms with E-state index in [1.807, 2.05) is 6.07 Å². The minimum absolute atomic E-state index is 0.263. The van der Waals surface area contributed by atoms with Crippen LogP contribution in [0.15, 0.2) is 41.9 Å². The standard InChI is InChI=1S/C20H27FN6O/c1-22-20(26-6-4-17(14-26)25-8-10-28-11-9-25)24-13-16-2-3-19(18(21)12-16)27-7-5-23-15-27/h2-3,5,7,12,15,17H,4,6,8-11,13-14H2,1H3,(H,22,24). The number of likely N-dealkylation sites (tertiary alicyclic amines) is 1. The number of ether oxygens (including phenoxy) is 1. The highest BCUT2D eigenvalue weighted by Gasteiger charge is 2.30. The van der Waals surface area contributed by atoms with Crippen LogP contribution in [0.3, 0.4) is 0 Å². The van der Waals surface area contributed by atoms with Gasteiger partial charge in [0.2, 0.25) is 0 Å². The molecule has 1 N–H and O–H groups in total. The summed E-state index contributed by atoms with van der Waals surface area (Å²) in [5, 5.41) is 3.38. The highest BCUT2D eigenvalue weighted by molar-refractivity contribution is 5.80. The summed E-state index contributed by atoms with van der Waals surface area (Å²) in [5.41, 5.74) is 1.38. The number of rotatable bonds is 4. The molecule has 0 radical (unpaired) electrons. The van der Waals surface area contributed by atoms with E-state index in [2.05, 4.69) is 25.1 Å². The highest BCUT2D eigenvalue weighted by atomic mass is 19.1. The Morgan fingerprint density at radius 2 is 2.18 bits per heavy atom. The van der Waals surface area contributed by atoms with Crippen LogP contribution in [0, 0.1) is 5.82 Å². The van der Waals surface area contributed by atoms with Gasteiger partial charge in [0.05, 0.1) is 25.2 Å². The zero-order chi connectivity index (χ0) is 19.3. The molecule has 3 heterocycles. The van der Waals surface area contributed by atoms with Crippen LogP contribution in [-0.4, -0.2) is 77.8 Å². The van der Waals surface area contributed by atoms with Crippen LogP contribution in [-0.2, 0) is 11.3 Å². The number of morpholine rings is 1. The van der Waals surface area contributed by atoms with E-state index < -0.39 is 0 Å². The van der Waals surface area contributed by atoms with Gasteiger partial charge in [-0.05, 0) is 24.1 Å². The predicted octanol–water partition coefficient (Wildman–Crippen LogP) is 1.49. The SMILES string of the molecule is CN=C(NCc1ccc(-n2ccnc2)c(F)c1)N1CCC(N2CCOCC2)C1. The van der Waals surface area contributed by atoms with Crippen molar-refractivity contribution in [3.05, 3.63) is 48.3 Å². The second kappa shape index (κ2) is 8.70.